The van der Waals surface area contributed by atoms with Gasteiger partial charge in [0.2, 0.25) is 5.91 Å². The highest BCUT2D eigenvalue weighted by Crippen LogP contribution is 2.18. The number of nitrogens with zero attached hydrogens (tertiary/aromatic N) is 3. The zero-order valence-corrected chi connectivity index (χ0v) is 19.5. The van der Waals surface area contributed by atoms with Gasteiger partial charge in [-0.2, -0.15) is 0 Å². The van der Waals surface area contributed by atoms with Crippen LogP contribution < -0.4 is 5.32 Å². The van der Waals surface area contributed by atoms with Crippen LogP contribution in [0.4, 0.5) is 0 Å². The van der Waals surface area contributed by atoms with Crippen LogP contribution in [-0.2, 0) is 17.8 Å². The summed E-state index contributed by atoms with van der Waals surface area (Å²) in [6.45, 7) is 13.1. The van der Waals surface area contributed by atoms with Crippen LogP contribution in [0, 0.1) is 13.8 Å². The third-order valence-electron chi connectivity index (χ3n) is 5.57. The highest BCUT2D eigenvalue weighted by molar-refractivity contribution is 5.95. The van der Waals surface area contributed by atoms with E-state index in [1.807, 2.05) is 60.9 Å². The lowest BCUT2D eigenvalue weighted by Crippen LogP contribution is -2.34. The highest BCUT2D eigenvalue weighted by Gasteiger charge is 2.17. The van der Waals surface area contributed by atoms with Crippen LogP contribution in [0.2, 0.25) is 0 Å². The van der Waals surface area contributed by atoms with Gasteiger partial charge in [0.15, 0.2) is 0 Å². The van der Waals surface area contributed by atoms with E-state index in [1.54, 1.807) is 17.1 Å². The number of hydrogen-bond acceptors (Lipinski definition) is 3. The van der Waals surface area contributed by atoms with Crippen LogP contribution in [-0.4, -0.2) is 45.9 Å². The van der Waals surface area contributed by atoms with Gasteiger partial charge >= 0.3 is 0 Å². The summed E-state index contributed by atoms with van der Waals surface area (Å²) >= 11 is 0. The Morgan fingerprint density at radius 1 is 1.09 bits per heavy atom. The number of para-hydroxylation sites is 2. The zero-order chi connectivity index (χ0) is 23.8. The van der Waals surface area contributed by atoms with Crippen LogP contribution in [0.25, 0.3) is 11.0 Å². The van der Waals surface area contributed by atoms with Crippen LogP contribution in [0.15, 0.2) is 67.8 Å². The number of carbonyl (C=O) groups is 2. The number of imidazole rings is 1. The van der Waals surface area contributed by atoms with Crippen molar-refractivity contribution in [1.29, 1.82) is 0 Å². The Kier molecular flexibility index (Phi) is 8.19. The third-order valence-corrected chi connectivity index (χ3v) is 5.57. The molecule has 3 aromatic rings. The number of carbonyl (C=O) groups excluding carboxylic acids is 2. The second kappa shape index (κ2) is 11.3. The van der Waals surface area contributed by atoms with Crippen LogP contribution >= 0.6 is 0 Å². The Hall–Kier alpha value is -3.67. The third kappa shape index (κ3) is 5.98. The minimum atomic E-state index is -0.0688. The molecule has 0 aliphatic carbocycles. The second-order valence-electron chi connectivity index (χ2n) is 8.16. The summed E-state index contributed by atoms with van der Waals surface area (Å²) < 4.78 is 1.97. The Balaban J connectivity index is 1.68. The molecule has 0 radical (unpaired) electrons. The number of aromatic nitrogens is 2. The Morgan fingerprint density at radius 2 is 1.82 bits per heavy atom. The van der Waals surface area contributed by atoms with Gasteiger partial charge in [-0.25, -0.2) is 4.98 Å². The molecule has 6 nitrogen and oxygen atoms in total. The molecule has 2 amide bonds. The summed E-state index contributed by atoms with van der Waals surface area (Å²) in [5.74, 6) is 0.755. The van der Waals surface area contributed by atoms with E-state index in [-0.39, 0.29) is 18.4 Å². The fourth-order valence-electron chi connectivity index (χ4n) is 3.93. The number of benzene rings is 2. The fraction of sp³-hybridized carbons (Fsp3) is 0.296. The molecule has 3 rings (SSSR count). The molecule has 0 saturated heterocycles. The minimum Gasteiger partial charge on any atom is -0.352 e. The maximum atomic E-state index is 12.9. The summed E-state index contributed by atoms with van der Waals surface area (Å²) in [5, 5.41) is 3.00. The Morgan fingerprint density at radius 3 is 2.52 bits per heavy atom. The molecular weight excluding hydrogens is 412 g/mol. The molecule has 172 valence electrons. The maximum absolute atomic E-state index is 12.9. The topological polar surface area (TPSA) is 67.2 Å². The van der Waals surface area contributed by atoms with Crippen molar-refractivity contribution in [2.24, 2.45) is 0 Å². The van der Waals surface area contributed by atoms with Crippen LogP contribution in [0.5, 0.6) is 0 Å². The van der Waals surface area contributed by atoms with Gasteiger partial charge in [0.05, 0.1) is 11.0 Å². The van der Waals surface area contributed by atoms with Crippen molar-refractivity contribution >= 4 is 22.8 Å². The van der Waals surface area contributed by atoms with Crippen LogP contribution in [0.3, 0.4) is 0 Å². The van der Waals surface area contributed by atoms with Gasteiger partial charge in [0.1, 0.15) is 12.4 Å². The number of hydrogen-bond donors (Lipinski definition) is 1. The van der Waals surface area contributed by atoms with Crippen molar-refractivity contribution < 1.29 is 9.59 Å². The second-order valence-corrected chi connectivity index (χ2v) is 8.16. The van der Waals surface area contributed by atoms with Gasteiger partial charge in [-0.1, -0.05) is 42.0 Å². The van der Waals surface area contributed by atoms with Crippen molar-refractivity contribution in [1.82, 2.24) is 19.8 Å². The largest absolute Gasteiger partial charge is 0.352 e. The minimum absolute atomic E-state index is 0.0117. The summed E-state index contributed by atoms with van der Waals surface area (Å²) in [6, 6.07) is 13.6. The van der Waals surface area contributed by atoms with Crippen molar-refractivity contribution in [2.75, 3.05) is 19.6 Å². The Bertz CT molecular complexity index is 1150. The molecule has 1 N–H and O–H groups in total. The van der Waals surface area contributed by atoms with Gasteiger partial charge in [0.25, 0.3) is 5.91 Å². The van der Waals surface area contributed by atoms with Gasteiger partial charge < -0.3 is 14.8 Å². The van der Waals surface area contributed by atoms with E-state index in [1.165, 1.54) is 0 Å². The lowest BCUT2D eigenvalue weighted by Gasteiger charge is -2.20. The van der Waals surface area contributed by atoms with Gasteiger partial charge in [-0.05, 0) is 44.0 Å². The van der Waals surface area contributed by atoms with E-state index in [9.17, 15) is 9.59 Å². The zero-order valence-electron chi connectivity index (χ0n) is 19.5. The van der Waals surface area contributed by atoms with Gasteiger partial charge in [-0.3, -0.25) is 9.59 Å². The van der Waals surface area contributed by atoms with E-state index < -0.39 is 0 Å². The van der Waals surface area contributed by atoms with Gasteiger partial charge in [0, 0.05) is 31.6 Å². The van der Waals surface area contributed by atoms with E-state index in [2.05, 4.69) is 18.5 Å². The van der Waals surface area contributed by atoms with Crippen molar-refractivity contribution in [3.05, 3.63) is 90.3 Å². The molecule has 1 aromatic heterocycles. The number of fused-ring (bicyclic) bond motifs is 1. The molecule has 0 saturated carbocycles. The average Bonchev–Trinajstić information content (AvgIpc) is 3.13. The number of rotatable bonds is 11. The standard InChI is InChI=1S/C27H32N4O2/c1-5-16-30(17-6-2)26(32)19-31-24-11-8-7-10-23(24)29-25(31)12-9-15-28-27(33)22-14-13-20(3)18-21(22)4/h5-8,10-11,13-14,18H,1-2,9,12,15-17,19H2,3-4H3,(H,28,33). The van der Waals surface area contributed by atoms with Crippen LogP contribution in [0.1, 0.15) is 33.7 Å². The average molecular weight is 445 g/mol. The molecule has 0 unspecified atom stereocenters. The summed E-state index contributed by atoms with van der Waals surface area (Å²) in [6.07, 6.45) is 4.80. The van der Waals surface area contributed by atoms with E-state index in [0.717, 1.165) is 34.4 Å². The lowest BCUT2D eigenvalue weighted by atomic mass is 10.1. The number of nitrogens with one attached hydrogen (secondary N) is 1. The predicted molar refractivity (Wildman–Crippen MR) is 133 cm³/mol. The molecular formula is C27H32N4O2. The van der Waals surface area contributed by atoms with Crippen molar-refractivity contribution in [3.63, 3.8) is 0 Å². The lowest BCUT2D eigenvalue weighted by molar-refractivity contribution is -0.130. The van der Waals surface area contributed by atoms with Gasteiger partial charge in [-0.15, -0.1) is 13.2 Å². The van der Waals surface area contributed by atoms with Crippen molar-refractivity contribution in [3.8, 4) is 0 Å². The first kappa shape index (κ1) is 24.0. The number of amides is 2. The molecule has 0 atom stereocenters. The first-order chi connectivity index (χ1) is 15.9. The molecule has 1 heterocycles. The SMILES string of the molecule is C=CCN(CC=C)C(=O)Cn1c(CCCNC(=O)c2ccc(C)cc2C)nc2ccccc21. The normalized spacial score (nSPS) is 10.7. The summed E-state index contributed by atoms with van der Waals surface area (Å²) in [5.41, 5.74) is 4.59. The Labute approximate surface area is 195 Å². The number of aryl methyl sites for hydroxylation is 3. The summed E-state index contributed by atoms with van der Waals surface area (Å²) in [4.78, 5) is 32.0. The molecule has 0 aliphatic rings. The molecule has 0 aliphatic heterocycles. The predicted octanol–water partition coefficient (Wildman–Crippen LogP) is 4.22. The maximum Gasteiger partial charge on any atom is 0.251 e. The molecule has 2 aromatic carbocycles. The molecule has 0 bridgehead atoms. The fourth-order valence-corrected chi connectivity index (χ4v) is 3.93. The monoisotopic (exact) mass is 444 g/mol. The smallest absolute Gasteiger partial charge is 0.251 e. The first-order valence-corrected chi connectivity index (χ1v) is 11.2. The highest BCUT2D eigenvalue weighted by atomic mass is 16.2. The molecule has 33 heavy (non-hydrogen) atoms. The van der Waals surface area contributed by atoms with E-state index in [0.29, 0.717) is 31.6 Å². The van der Waals surface area contributed by atoms with Crippen molar-refractivity contribution in [2.45, 2.75) is 33.2 Å². The van der Waals surface area contributed by atoms with E-state index >= 15 is 0 Å². The molecule has 0 fully saturated rings. The first-order valence-electron chi connectivity index (χ1n) is 11.2. The molecule has 6 heteroatoms. The molecule has 0 spiro atoms. The quantitative estimate of drug-likeness (QED) is 0.356. The summed E-state index contributed by atoms with van der Waals surface area (Å²) in [7, 11) is 0. The van der Waals surface area contributed by atoms with E-state index in [4.69, 9.17) is 4.98 Å².